The van der Waals surface area contributed by atoms with Crippen LogP contribution in [0.3, 0.4) is 0 Å². The molecule has 2 N–H and O–H groups in total. The highest BCUT2D eigenvalue weighted by Gasteiger charge is 2.52. The average molecular weight is 355 g/mol. The molecule has 0 aliphatic heterocycles. The summed E-state index contributed by atoms with van der Waals surface area (Å²) in [6.45, 7) is 11.7. The summed E-state index contributed by atoms with van der Waals surface area (Å²) in [5.74, 6) is -0.867. The van der Waals surface area contributed by atoms with Gasteiger partial charge in [-0.3, -0.25) is 0 Å². The summed E-state index contributed by atoms with van der Waals surface area (Å²) in [5, 5.41) is 24.3. The molecule has 0 aliphatic rings. The highest BCUT2D eigenvalue weighted by atomic mass is 16.6. The molecular weight excluding hydrogens is 326 g/mol. The maximum absolute atomic E-state index is 11.3. The Morgan fingerprint density at radius 2 is 1.35 bits per heavy atom. The van der Waals surface area contributed by atoms with Crippen molar-refractivity contribution in [3.8, 4) is 5.75 Å². The molecular formula is C22H29NO3. The van der Waals surface area contributed by atoms with Crippen LogP contribution in [0.15, 0.2) is 59.8 Å². The number of rotatable bonds is 4. The van der Waals surface area contributed by atoms with E-state index in [-0.39, 0.29) is 0 Å². The van der Waals surface area contributed by atoms with Gasteiger partial charge >= 0.3 is 0 Å². The summed E-state index contributed by atoms with van der Waals surface area (Å²) in [6, 6.07) is 16.7. The van der Waals surface area contributed by atoms with Crippen LogP contribution < -0.4 is 4.74 Å². The van der Waals surface area contributed by atoms with Crippen molar-refractivity contribution in [2.45, 2.75) is 47.3 Å². The molecule has 26 heavy (non-hydrogen) atoms. The van der Waals surface area contributed by atoms with Crippen molar-refractivity contribution in [3.63, 3.8) is 0 Å². The third kappa shape index (κ3) is 3.91. The van der Waals surface area contributed by atoms with E-state index >= 15 is 0 Å². The zero-order valence-corrected chi connectivity index (χ0v) is 16.4. The molecule has 0 fully saturated rings. The van der Waals surface area contributed by atoms with Gasteiger partial charge < -0.3 is 15.1 Å². The number of nitrogens with zero attached hydrogens (tertiary/aromatic N) is 1. The number of hydrogen-bond acceptors (Lipinski definition) is 4. The minimum atomic E-state index is -1.39. The Morgan fingerprint density at radius 3 is 1.85 bits per heavy atom. The SMILES string of the molecule is CC(C)(C)C(O)(Oc1cccc(/C(=N/O)c2ccccc2)c1)C(C)(C)C. The van der Waals surface area contributed by atoms with E-state index in [2.05, 4.69) is 5.16 Å². The zero-order valence-electron chi connectivity index (χ0n) is 16.4. The molecule has 0 radical (unpaired) electrons. The molecule has 4 heteroatoms. The van der Waals surface area contributed by atoms with Gasteiger partial charge in [0.2, 0.25) is 5.79 Å². The first-order valence-electron chi connectivity index (χ1n) is 8.79. The van der Waals surface area contributed by atoms with E-state index in [1.165, 1.54) is 0 Å². The summed E-state index contributed by atoms with van der Waals surface area (Å²) in [6.07, 6.45) is 0. The summed E-state index contributed by atoms with van der Waals surface area (Å²) in [5.41, 5.74) is 0.949. The second-order valence-corrected chi connectivity index (χ2v) is 8.59. The number of aliphatic hydroxyl groups is 1. The van der Waals surface area contributed by atoms with Crippen molar-refractivity contribution in [3.05, 3.63) is 65.7 Å². The Kier molecular flexibility index (Phi) is 5.47. The van der Waals surface area contributed by atoms with Gasteiger partial charge in [0.25, 0.3) is 0 Å². The van der Waals surface area contributed by atoms with Crippen molar-refractivity contribution in [2.75, 3.05) is 0 Å². The van der Waals surface area contributed by atoms with Crippen LogP contribution >= 0.6 is 0 Å². The molecule has 0 atom stereocenters. The van der Waals surface area contributed by atoms with E-state index in [1.807, 2.05) is 84.0 Å². The Morgan fingerprint density at radius 1 is 0.808 bits per heavy atom. The van der Waals surface area contributed by atoms with Crippen molar-refractivity contribution in [1.29, 1.82) is 0 Å². The van der Waals surface area contributed by atoms with Gasteiger partial charge in [-0.25, -0.2) is 0 Å². The Balaban J connectivity index is 2.43. The van der Waals surface area contributed by atoms with Crippen molar-refractivity contribution in [2.24, 2.45) is 16.0 Å². The normalized spacial score (nSPS) is 13.6. The van der Waals surface area contributed by atoms with Gasteiger partial charge in [0.05, 0.1) is 0 Å². The lowest BCUT2D eigenvalue weighted by Crippen LogP contribution is -2.57. The van der Waals surface area contributed by atoms with E-state index < -0.39 is 16.6 Å². The lowest BCUT2D eigenvalue weighted by Gasteiger charge is -2.48. The number of oxime groups is 1. The third-order valence-corrected chi connectivity index (χ3v) is 4.55. The average Bonchev–Trinajstić information content (AvgIpc) is 2.55. The maximum Gasteiger partial charge on any atom is 0.217 e. The summed E-state index contributed by atoms with van der Waals surface area (Å²) < 4.78 is 6.12. The van der Waals surface area contributed by atoms with Crippen LogP contribution in [0.5, 0.6) is 5.75 Å². The Bertz CT molecular complexity index is 754. The van der Waals surface area contributed by atoms with Crippen molar-refractivity contribution < 1.29 is 15.1 Å². The first-order chi connectivity index (χ1) is 12.0. The molecule has 0 saturated carbocycles. The molecule has 140 valence electrons. The molecule has 2 rings (SSSR count). The van der Waals surface area contributed by atoms with E-state index in [4.69, 9.17) is 4.74 Å². The fraction of sp³-hybridized carbons (Fsp3) is 0.409. The van der Waals surface area contributed by atoms with Gasteiger partial charge in [-0.1, -0.05) is 89.2 Å². The first kappa shape index (κ1) is 20.0. The second kappa shape index (κ2) is 7.12. The summed E-state index contributed by atoms with van der Waals surface area (Å²) in [7, 11) is 0. The number of hydrogen-bond donors (Lipinski definition) is 2. The van der Waals surface area contributed by atoms with E-state index in [1.54, 1.807) is 12.1 Å². The van der Waals surface area contributed by atoms with Gasteiger partial charge in [0.15, 0.2) is 0 Å². The van der Waals surface area contributed by atoms with Gasteiger partial charge in [0, 0.05) is 22.0 Å². The molecule has 0 spiro atoms. The molecule has 4 nitrogen and oxygen atoms in total. The minimum Gasteiger partial charge on any atom is -0.461 e. The topological polar surface area (TPSA) is 62.0 Å². The lowest BCUT2D eigenvalue weighted by atomic mass is 9.70. The highest BCUT2D eigenvalue weighted by Crippen LogP contribution is 2.45. The predicted molar refractivity (Wildman–Crippen MR) is 105 cm³/mol. The fourth-order valence-electron chi connectivity index (χ4n) is 3.19. The van der Waals surface area contributed by atoms with Crippen LogP contribution in [0.2, 0.25) is 0 Å². The quantitative estimate of drug-likeness (QED) is 0.348. The monoisotopic (exact) mass is 355 g/mol. The van der Waals surface area contributed by atoms with Crippen LogP contribution in [-0.2, 0) is 0 Å². The molecule has 0 saturated heterocycles. The summed E-state index contributed by atoms with van der Waals surface area (Å²) in [4.78, 5) is 0. The van der Waals surface area contributed by atoms with Crippen LogP contribution in [0, 0.1) is 10.8 Å². The Hall–Kier alpha value is -2.33. The third-order valence-electron chi connectivity index (χ3n) is 4.55. The van der Waals surface area contributed by atoms with Crippen LogP contribution in [-0.4, -0.2) is 21.8 Å². The molecule has 2 aromatic rings. The minimum absolute atomic E-state index is 0.450. The molecule has 0 heterocycles. The van der Waals surface area contributed by atoms with Crippen LogP contribution in [0.1, 0.15) is 52.7 Å². The fourth-order valence-corrected chi connectivity index (χ4v) is 3.19. The van der Waals surface area contributed by atoms with Crippen molar-refractivity contribution in [1.82, 2.24) is 0 Å². The smallest absolute Gasteiger partial charge is 0.217 e. The second-order valence-electron chi connectivity index (χ2n) is 8.59. The van der Waals surface area contributed by atoms with Gasteiger partial charge in [-0.15, -0.1) is 0 Å². The molecule has 0 aromatic heterocycles. The van der Waals surface area contributed by atoms with E-state index in [0.29, 0.717) is 17.0 Å². The van der Waals surface area contributed by atoms with Crippen LogP contribution in [0.4, 0.5) is 0 Å². The molecule has 0 amide bonds. The largest absolute Gasteiger partial charge is 0.461 e. The lowest BCUT2D eigenvalue weighted by molar-refractivity contribution is -0.266. The molecule has 0 bridgehead atoms. The Labute approximate surface area is 156 Å². The van der Waals surface area contributed by atoms with Gasteiger partial charge in [-0.05, 0) is 12.1 Å². The van der Waals surface area contributed by atoms with Gasteiger partial charge in [0.1, 0.15) is 11.5 Å². The number of benzene rings is 2. The molecule has 0 unspecified atom stereocenters. The van der Waals surface area contributed by atoms with Crippen LogP contribution in [0.25, 0.3) is 0 Å². The molecule has 0 aliphatic carbocycles. The van der Waals surface area contributed by atoms with E-state index in [9.17, 15) is 10.3 Å². The maximum atomic E-state index is 11.3. The first-order valence-corrected chi connectivity index (χ1v) is 8.79. The van der Waals surface area contributed by atoms with E-state index in [0.717, 1.165) is 5.56 Å². The van der Waals surface area contributed by atoms with Gasteiger partial charge in [-0.2, -0.15) is 0 Å². The zero-order chi connectivity index (χ0) is 19.6. The number of ether oxygens (including phenoxy) is 1. The molecule has 2 aromatic carbocycles. The standard InChI is InChI=1S/C22H29NO3/c1-20(2,3)22(24,21(4,5)6)26-18-14-10-13-17(15-18)19(23-25)16-11-8-7-9-12-16/h7-15,24-25H,1-6H3/b23-19+. The predicted octanol–water partition coefficient (Wildman–Crippen LogP) is 5.07. The highest BCUT2D eigenvalue weighted by molar-refractivity contribution is 6.12. The summed E-state index contributed by atoms with van der Waals surface area (Å²) >= 11 is 0. The van der Waals surface area contributed by atoms with Crippen molar-refractivity contribution >= 4 is 5.71 Å².